The number of hydrogen-bond donors (Lipinski definition) is 2. The summed E-state index contributed by atoms with van der Waals surface area (Å²) in [6.07, 6.45) is -0.192. The van der Waals surface area contributed by atoms with Crippen LogP contribution in [0.15, 0.2) is 30.5 Å². The molecule has 1 aromatic heterocycles. The fourth-order valence-electron chi connectivity index (χ4n) is 6.36. The van der Waals surface area contributed by atoms with Crippen molar-refractivity contribution in [2.75, 3.05) is 52.1 Å². The van der Waals surface area contributed by atoms with Crippen molar-refractivity contribution in [3.8, 4) is 0 Å². The summed E-state index contributed by atoms with van der Waals surface area (Å²) in [5, 5.41) is 5.65. The Hall–Kier alpha value is -3.74. The molecule has 2 N–H and O–H groups in total. The van der Waals surface area contributed by atoms with Gasteiger partial charge in [0, 0.05) is 49.5 Å². The van der Waals surface area contributed by atoms with Crippen LogP contribution < -0.4 is 10.6 Å². The summed E-state index contributed by atoms with van der Waals surface area (Å²) in [5.74, 6) is -1.29. The Bertz CT molecular complexity index is 1330. The van der Waals surface area contributed by atoms with Crippen LogP contribution in [0, 0.1) is 11.8 Å². The topological polar surface area (TPSA) is 111 Å². The van der Waals surface area contributed by atoms with E-state index in [9.17, 15) is 27.6 Å². The minimum absolute atomic E-state index is 0.000838. The van der Waals surface area contributed by atoms with Gasteiger partial charge in [0.1, 0.15) is 0 Å². The van der Waals surface area contributed by atoms with E-state index in [0.717, 1.165) is 38.5 Å². The summed E-state index contributed by atoms with van der Waals surface area (Å²) in [4.78, 5) is 51.7. The molecule has 3 fully saturated rings. The molecule has 5 rings (SSSR count). The number of nitrogens with zero attached hydrogens (tertiary/aromatic N) is 5. The van der Waals surface area contributed by atoms with Gasteiger partial charge in [-0.05, 0) is 82.4 Å². The lowest BCUT2D eigenvalue weighted by molar-refractivity contribution is -0.142. The Morgan fingerprint density at radius 2 is 1.81 bits per heavy atom. The zero-order valence-corrected chi connectivity index (χ0v) is 24.5. The summed E-state index contributed by atoms with van der Waals surface area (Å²) in [6, 6.07) is 6.88. The van der Waals surface area contributed by atoms with E-state index in [1.54, 1.807) is 29.2 Å². The summed E-state index contributed by atoms with van der Waals surface area (Å²) in [6.45, 7) is 2.61. The van der Waals surface area contributed by atoms with Crippen molar-refractivity contribution < 1.29 is 27.6 Å². The summed E-state index contributed by atoms with van der Waals surface area (Å²) in [5.41, 5.74) is -0.0466. The lowest BCUT2D eigenvalue weighted by Crippen LogP contribution is -2.52. The maximum absolute atomic E-state index is 14.0. The van der Waals surface area contributed by atoms with Crippen LogP contribution in [0.4, 0.5) is 24.8 Å². The van der Waals surface area contributed by atoms with Gasteiger partial charge in [0.15, 0.2) is 0 Å². The van der Waals surface area contributed by atoms with Crippen LogP contribution in [0.1, 0.15) is 53.7 Å². The molecule has 0 bridgehead atoms. The largest absolute Gasteiger partial charge is 0.419 e. The molecule has 3 amide bonds. The molecule has 3 heterocycles. The normalized spacial score (nSPS) is 21.9. The number of carbonyl (C=O) groups excluding carboxylic acids is 3. The lowest BCUT2D eigenvalue weighted by atomic mass is 9.89. The van der Waals surface area contributed by atoms with Crippen LogP contribution >= 0.6 is 0 Å². The van der Waals surface area contributed by atoms with Crippen molar-refractivity contribution in [1.82, 2.24) is 30.0 Å². The molecule has 0 unspecified atom stereocenters. The van der Waals surface area contributed by atoms with Gasteiger partial charge in [-0.3, -0.25) is 14.4 Å². The molecule has 13 heteroatoms. The zero-order chi connectivity index (χ0) is 30.7. The molecular formula is C30H38F3N7O3. The zero-order valence-electron chi connectivity index (χ0n) is 24.5. The van der Waals surface area contributed by atoms with Gasteiger partial charge >= 0.3 is 6.18 Å². The van der Waals surface area contributed by atoms with Gasteiger partial charge in [0.2, 0.25) is 17.8 Å². The van der Waals surface area contributed by atoms with Crippen molar-refractivity contribution in [2.45, 2.75) is 50.7 Å². The van der Waals surface area contributed by atoms with Gasteiger partial charge < -0.3 is 25.3 Å². The quantitative estimate of drug-likeness (QED) is 0.501. The summed E-state index contributed by atoms with van der Waals surface area (Å²) >= 11 is 0. The van der Waals surface area contributed by atoms with Gasteiger partial charge in [0.25, 0.3) is 5.91 Å². The van der Waals surface area contributed by atoms with Gasteiger partial charge in [-0.2, -0.15) is 13.2 Å². The fraction of sp³-hybridized carbons (Fsp3) is 0.567. The number of piperidine rings is 1. The van der Waals surface area contributed by atoms with Crippen molar-refractivity contribution in [3.05, 3.63) is 47.3 Å². The van der Waals surface area contributed by atoms with Gasteiger partial charge in [0.05, 0.1) is 17.8 Å². The van der Waals surface area contributed by atoms with Crippen molar-refractivity contribution in [2.24, 2.45) is 11.8 Å². The number of nitrogens with one attached hydrogen (secondary N) is 2. The van der Waals surface area contributed by atoms with Crippen LogP contribution in [0.2, 0.25) is 0 Å². The highest BCUT2D eigenvalue weighted by atomic mass is 19.4. The molecule has 43 heavy (non-hydrogen) atoms. The molecule has 0 spiro atoms. The number of alkyl halides is 3. The fourth-order valence-corrected chi connectivity index (χ4v) is 6.36. The second-order valence-electron chi connectivity index (χ2n) is 11.8. The van der Waals surface area contributed by atoms with E-state index < -0.39 is 17.7 Å². The van der Waals surface area contributed by atoms with E-state index in [1.165, 1.54) is 4.90 Å². The van der Waals surface area contributed by atoms with Crippen LogP contribution in [0.25, 0.3) is 0 Å². The molecule has 2 atom stereocenters. The first kappa shape index (κ1) is 30.7. The second-order valence-corrected chi connectivity index (χ2v) is 11.8. The first-order valence-corrected chi connectivity index (χ1v) is 14.8. The number of anilines is 2. The van der Waals surface area contributed by atoms with E-state index in [0.29, 0.717) is 37.2 Å². The average Bonchev–Trinajstić information content (AvgIpc) is 3.44. The minimum Gasteiger partial charge on any atom is -0.353 e. The Balaban J connectivity index is 1.28. The number of piperazine rings is 1. The predicted molar refractivity (Wildman–Crippen MR) is 153 cm³/mol. The Kier molecular flexibility index (Phi) is 9.19. The van der Waals surface area contributed by atoms with Crippen LogP contribution in [0.3, 0.4) is 0 Å². The number of halogens is 3. The summed E-state index contributed by atoms with van der Waals surface area (Å²) < 4.78 is 41.9. The molecule has 10 nitrogen and oxygen atoms in total. The number of hydrogen-bond acceptors (Lipinski definition) is 7. The molecule has 3 aliphatic rings. The number of benzene rings is 1. The molecule has 2 aromatic rings. The van der Waals surface area contributed by atoms with E-state index >= 15 is 0 Å². The van der Waals surface area contributed by atoms with Crippen LogP contribution in [-0.2, 0) is 22.2 Å². The van der Waals surface area contributed by atoms with E-state index in [2.05, 4.69) is 32.5 Å². The molecule has 0 radical (unpaired) electrons. The number of likely N-dealkylation sites (tertiary alicyclic amines) is 1. The molecule has 232 valence electrons. The SMILES string of the molecule is CN1CCC(N(C)C(=O)c2ccc(Nc3ncc(C(F)(F)F)c(C[C@@H]4CCC[C@@H]4C(=O)N4CCNC(=O)C4)n3)cc2)CC1. The average molecular weight is 602 g/mol. The highest BCUT2D eigenvalue weighted by Crippen LogP contribution is 2.39. The lowest BCUT2D eigenvalue weighted by Gasteiger charge is -2.35. The van der Waals surface area contributed by atoms with E-state index in [4.69, 9.17) is 0 Å². The highest BCUT2D eigenvalue weighted by molar-refractivity contribution is 5.94. The Morgan fingerprint density at radius 1 is 1.09 bits per heavy atom. The monoisotopic (exact) mass is 601 g/mol. The first-order valence-electron chi connectivity index (χ1n) is 14.8. The standard InChI is InChI=1S/C30H38F3N7O3/c1-38-13-10-22(11-14-38)39(2)27(42)19-6-8-21(9-7-19)36-29-35-17-24(30(31,32)33)25(37-29)16-20-4-3-5-23(20)28(43)40-15-12-34-26(41)18-40/h6-9,17,20,22-23H,3-5,10-16,18H2,1-2H3,(H,34,41)(H,35,36,37)/t20-,23-/m0/s1. The molecule has 2 saturated heterocycles. The van der Waals surface area contributed by atoms with Gasteiger partial charge in [-0.25, -0.2) is 9.97 Å². The molecule has 2 aliphatic heterocycles. The number of amides is 3. The van der Waals surface area contributed by atoms with Crippen LogP contribution in [0.5, 0.6) is 0 Å². The molecule has 1 aliphatic carbocycles. The molecule has 1 aromatic carbocycles. The van der Waals surface area contributed by atoms with Gasteiger partial charge in [-0.1, -0.05) is 6.42 Å². The maximum atomic E-state index is 14.0. The van der Waals surface area contributed by atoms with Crippen molar-refractivity contribution >= 4 is 29.4 Å². The number of carbonyl (C=O) groups is 3. The van der Waals surface area contributed by atoms with E-state index in [1.807, 2.05) is 7.05 Å². The second kappa shape index (κ2) is 12.9. The minimum atomic E-state index is -4.65. The summed E-state index contributed by atoms with van der Waals surface area (Å²) in [7, 11) is 3.88. The highest BCUT2D eigenvalue weighted by Gasteiger charge is 2.40. The Labute approximate surface area is 249 Å². The third kappa shape index (κ3) is 7.26. The van der Waals surface area contributed by atoms with E-state index in [-0.39, 0.29) is 54.3 Å². The smallest absolute Gasteiger partial charge is 0.353 e. The van der Waals surface area contributed by atoms with Gasteiger partial charge in [-0.15, -0.1) is 0 Å². The third-order valence-corrected chi connectivity index (χ3v) is 8.90. The maximum Gasteiger partial charge on any atom is 0.419 e. The predicted octanol–water partition coefficient (Wildman–Crippen LogP) is 3.32. The third-order valence-electron chi connectivity index (χ3n) is 8.90. The Morgan fingerprint density at radius 3 is 2.49 bits per heavy atom. The first-order chi connectivity index (χ1) is 20.5. The van der Waals surface area contributed by atoms with Crippen molar-refractivity contribution in [3.63, 3.8) is 0 Å². The molecule has 1 saturated carbocycles. The molecular weight excluding hydrogens is 563 g/mol. The number of aromatic nitrogens is 2. The number of rotatable bonds is 7. The van der Waals surface area contributed by atoms with Crippen LogP contribution in [-0.4, -0.2) is 95.3 Å². The van der Waals surface area contributed by atoms with Crippen molar-refractivity contribution in [1.29, 1.82) is 0 Å².